The largest absolute Gasteiger partial charge is 0.547 e. The highest BCUT2D eigenvalue weighted by Crippen LogP contribution is 2.49. The summed E-state index contributed by atoms with van der Waals surface area (Å²) < 4.78 is 0.281. The number of likely N-dealkylation sites (tertiary alicyclic amines) is 1. The summed E-state index contributed by atoms with van der Waals surface area (Å²) in [4.78, 5) is 100. The number of urea groups is 1. The van der Waals surface area contributed by atoms with Crippen LogP contribution in [0.25, 0.3) is 0 Å². The van der Waals surface area contributed by atoms with Crippen LogP contribution in [0.15, 0.2) is 22.7 Å². The number of carboxylic acid groups (broad SMARTS) is 2. The number of nitrogen functional groups attached to an aromatic ring is 1. The molecular formula is C33H39ClN10O12S2. The van der Waals surface area contributed by atoms with Crippen LogP contribution in [0.5, 0.6) is 11.5 Å². The number of aliphatic carboxylic acids is 2. The third kappa shape index (κ3) is 7.95. The van der Waals surface area contributed by atoms with Crippen molar-refractivity contribution < 1.29 is 63.3 Å². The van der Waals surface area contributed by atoms with E-state index in [9.17, 15) is 54.0 Å². The number of nitrogens with two attached hydrogens (primary N) is 1. The van der Waals surface area contributed by atoms with Gasteiger partial charge in [-0.25, -0.2) is 19.6 Å². The van der Waals surface area contributed by atoms with Crippen molar-refractivity contribution in [2.75, 3.05) is 58.1 Å². The number of anilines is 1. The average molecular weight is 867 g/mol. The number of amides is 6. The summed E-state index contributed by atoms with van der Waals surface area (Å²) in [5.41, 5.74) is 5.82. The molecule has 2 aromatic rings. The number of quaternary nitrogens is 1. The van der Waals surface area contributed by atoms with E-state index in [1.165, 1.54) is 30.2 Å². The van der Waals surface area contributed by atoms with Gasteiger partial charge in [-0.05, 0) is 26.0 Å². The third-order valence-electron chi connectivity index (χ3n) is 10.2. The molecule has 4 saturated heterocycles. The minimum absolute atomic E-state index is 0.0468. The van der Waals surface area contributed by atoms with Gasteiger partial charge in [0.1, 0.15) is 22.0 Å². The Labute approximate surface area is 342 Å². The van der Waals surface area contributed by atoms with Crippen LogP contribution < -0.4 is 26.9 Å². The monoisotopic (exact) mass is 866 g/mol. The van der Waals surface area contributed by atoms with Crippen LogP contribution in [-0.4, -0.2) is 161 Å². The Bertz CT molecular complexity index is 2100. The van der Waals surface area contributed by atoms with Crippen LogP contribution in [0.1, 0.15) is 42.7 Å². The van der Waals surface area contributed by atoms with E-state index >= 15 is 0 Å². The van der Waals surface area contributed by atoms with Crippen molar-refractivity contribution in [1.82, 2.24) is 35.9 Å². The maximum atomic E-state index is 13.7. The van der Waals surface area contributed by atoms with Crippen molar-refractivity contribution >= 4 is 87.1 Å². The zero-order chi connectivity index (χ0) is 42.3. The molecule has 8 N–H and O–H groups in total. The van der Waals surface area contributed by atoms with E-state index in [4.69, 9.17) is 22.2 Å². The number of carbonyl (C=O) groups is 7. The molecule has 25 heteroatoms. The number of nitrogens with zero attached hydrogens (tertiary/aromatic N) is 6. The maximum Gasteiger partial charge on any atom is 0.350 e. The number of hydrogen-bond donors (Lipinski definition) is 7. The van der Waals surface area contributed by atoms with Crippen molar-refractivity contribution in [2.45, 2.75) is 48.6 Å². The first kappa shape index (κ1) is 42.0. The zero-order valence-electron chi connectivity index (χ0n) is 30.9. The van der Waals surface area contributed by atoms with Gasteiger partial charge in [0.05, 0.1) is 55.8 Å². The number of halogens is 1. The van der Waals surface area contributed by atoms with Gasteiger partial charge in [-0.2, -0.15) is 0 Å². The van der Waals surface area contributed by atoms with E-state index in [0.29, 0.717) is 31.4 Å². The molecule has 0 unspecified atom stereocenters. The van der Waals surface area contributed by atoms with Gasteiger partial charge in [0.15, 0.2) is 28.9 Å². The number of thioether (sulfide) groups is 1. The number of benzene rings is 1. The maximum absolute atomic E-state index is 13.7. The molecule has 4 aliphatic heterocycles. The zero-order valence-corrected chi connectivity index (χ0v) is 33.3. The SMILES string of the molecule is CC(C)(O/N=C(\C(=O)N[C@@H]1C(=O)N2C[C@@](C(=O)[O-])(N3CCN(NC(=O)C[N+]4(CCNC(=O)c5ccc(O)c(O)c5Cl)CCCC4)C3=O)S[C@H]12)c1csc(N)n1)C(=O)O. The van der Waals surface area contributed by atoms with Gasteiger partial charge in [0.25, 0.3) is 17.7 Å². The Morgan fingerprint density at radius 3 is 2.52 bits per heavy atom. The number of hydrazine groups is 1. The topological polar surface area (TPSA) is 310 Å². The Morgan fingerprint density at radius 2 is 1.88 bits per heavy atom. The number of aromatic hydroxyl groups is 2. The molecule has 0 spiro atoms. The Balaban J connectivity index is 1.08. The lowest BCUT2D eigenvalue weighted by Gasteiger charge is -2.41. The van der Waals surface area contributed by atoms with Crippen molar-refractivity contribution in [2.24, 2.45) is 5.16 Å². The van der Waals surface area contributed by atoms with Crippen LogP contribution in [0.2, 0.25) is 5.02 Å². The quantitative estimate of drug-likeness (QED) is 0.0336. The molecule has 0 aliphatic carbocycles. The van der Waals surface area contributed by atoms with Crippen LogP contribution in [0, 0.1) is 0 Å². The molecule has 22 nitrogen and oxygen atoms in total. The van der Waals surface area contributed by atoms with E-state index in [2.05, 4.69) is 26.2 Å². The number of hydrogen-bond acceptors (Lipinski definition) is 16. The second-order valence-corrected chi connectivity index (χ2v) is 17.1. The van der Waals surface area contributed by atoms with E-state index in [1.54, 1.807) is 0 Å². The lowest BCUT2D eigenvalue weighted by Crippen LogP contribution is -2.68. The third-order valence-corrected chi connectivity index (χ3v) is 12.9. The van der Waals surface area contributed by atoms with E-state index < -0.39 is 87.2 Å². The molecule has 5 heterocycles. The van der Waals surface area contributed by atoms with Crippen LogP contribution in [-0.2, 0) is 28.8 Å². The Hall–Kier alpha value is -5.59. The molecular weight excluding hydrogens is 828 g/mol. The fourth-order valence-corrected chi connectivity index (χ4v) is 9.40. The Morgan fingerprint density at radius 1 is 1.17 bits per heavy atom. The van der Waals surface area contributed by atoms with Gasteiger partial charge in [-0.15, -0.1) is 11.3 Å². The molecule has 58 heavy (non-hydrogen) atoms. The lowest BCUT2D eigenvalue weighted by molar-refractivity contribution is -0.908. The Kier molecular flexibility index (Phi) is 11.6. The standard InChI is InChI=1S/C33H39ClN10O12S2/c1-32(2,28(51)52)56-40-21(17-14-57-30(35)37-17)25(49)38-22-26(50)41-15-33(29(53)54,58-27(22)41)42-8-9-43(31(42)55)39-19(46)13-44(10-3-4-11-44)12-7-36-24(48)16-5-6-18(45)23(47)20(16)34/h5-6,14,22,27H,3-4,7-13,15H2,1-2H3,(H8-,35,36,37,38,39,40,45,46,47,48,49,51,52,53,54)/t22-,27-,33-/m1/s1. The highest BCUT2D eigenvalue weighted by molar-refractivity contribution is 8.02. The second kappa shape index (κ2) is 16.0. The summed E-state index contributed by atoms with van der Waals surface area (Å²) >= 11 is 7.68. The lowest BCUT2D eigenvalue weighted by atomic mass is 10.1. The van der Waals surface area contributed by atoms with Gasteiger partial charge in [-0.3, -0.25) is 29.5 Å². The highest BCUT2D eigenvalue weighted by atomic mass is 35.5. The van der Waals surface area contributed by atoms with Crippen molar-refractivity contribution in [3.63, 3.8) is 0 Å². The van der Waals surface area contributed by atoms with Crippen molar-refractivity contribution in [1.29, 1.82) is 0 Å². The molecule has 0 saturated carbocycles. The number of nitrogens with one attached hydrogen (secondary N) is 3. The number of fused-ring (bicyclic) bond motifs is 1. The van der Waals surface area contributed by atoms with Gasteiger partial charge < -0.3 is 55.8 Å². The summed E-state index contributed by atoms with van der Waals surface area (Å²) in [7, 11) is 0. The van der Waals surface area contributed by atoms with Gasteiger partial charge in [-0.1, -0.05) is 28.5 Å². The minimum Gasteiger partial charge on any atom is -0.547 e. The fourth-order valence-electron chi connectivity index (χ4n) is 6.97. The summed E-state index contributed by atoms with van der Waals surface area (Å²) in [5.74, 6) is -6.96. The molecule has 4 fully saturated rings. The first-order chi connectivity index (χ1) is 27.3. The molecule has 3 atom stereocenters. The molecule has 1 aromatic carbocycles. The summed E-state index contributed by atoms with van der Waals surface area (Å²) in [5, 5.41) is 51.7. The van der Waals surface area contributed by atoms with Crippen LogP contribution in [0.3, 0.4) is 0 Å². The number of aromatic nitrogens is 1. The van der Waals surface area contributed by atoms with E-state index in [0.717, 1.165) is 40.2 Å². The molecule has 0 radical (unpaired) electrons. The molecule has 6 rings (SSSR count). The first-order valence-corrected chi connectivity index (χ1v) is 19.9. The van der Waals surface area contributed by atoms with Gasteiger partial charge in [0.2, 0.25) is 11.5 Å². The first-order valence-electron chi connectivity index (χ1n) is 17.7. The average Bonchev–Trinajstić information content (AvgIpc) is 3.96. The molecule has 4 aliphatic rings. The van der Waals surface area contributed by atoms with Crippen molar-refractivity contribution in [3.8, 4) is 11.5 Å². The van der Waals surface area contributed by atoms with Crippen LogP contribution in [0.4, 0.5) is 9.93 Å². The summed E-state index contributed by atoms with van der Waals surface area (Å²) in [6.45, 7) is 3.27. The molecule has 6 amide bonds. The smallest absolute Gasteiger partial charge is 0.350 e. The molecule has 1 aromatic heterocycles. The number of thiazole rings is 1. The van der Waals surface area contributed by atoms with Crippen LogP contribution >= 0.6 is 34.7 Å². The number of carboxylic acids is 2. The van der Waals surface area contributed by atoms with Crippen molar-refractivity contribution in [3.05, 3.63) is 33.8 Å². The summed E-state index contributed by atoms with van der Waals surface area (Å²) in [6, 6.07) is 0.244. The number of rotatable bonds is 15. The minimum atomic E-state index is -2.09. The molecule has 0 bridgehead atoms. The highest BCUT2D eigenvalue weighted by Gasteiger charge is 2.64. The predicted octanol–water partition coefficient (Wildman–Crippen LogP) is -1.97. The number of β-lactam (4-membered cyclic amide) rings is 1. The summed E-state index contributed by atoms with van der Waals surface area (Å²) in [6.07, 6.45) is 1.62. The number of carbonyl (C=O) groups excluding carboxylic acids is 6. The molecule has 312 valence electrons. The van der Waals surface area contributed by atoms with Gasteiger partial charge in [0, 0.05) is 24.8 Å². The number of phenolic OH excluding ortho intramolecular Hbond substituents is 2. The number of oxime groups is 1. The predicted molar refractivity (Wildman–Crippen MR) is 202 cm³/mol. The normalized spacial score (nSPS) is 22.7. The number of phenols is 2. The van der Waals surface area contributed by atoms with E-state index in [1.807, 2.05) is 0 Å². The fraction of sp³-hybridized carbons (Fsp3) is 0.485. The van der Waals surface area contributed by atoms with E-state index in [-0.39, 0.29) is 52.1 Å². The second-order valence-electron chi connectivity index (χ2n) is 14.5. The van der Waals surface area contributed by atoms with Gasteiger partial charge >= 0.3 is 12.0 Å².